The quantitative estimate of drug-likeness (QED) is 0.264. The lowest BCUT2D eigenvalue weighted by atomic mass is 10.1. The van der Waals surface area contributed by atoms with E-state index in [0.717, 1.165) is 27.6 Å². The summed E-state index contributed by atoms with van der Waals surface area (Å²) in [5.74, 6) is 1.25. The van der Waals surface area contributed by atoms with E-state index in [1.54, 1.807) is 19.2 Å². The Bertz CT molecular complexity index is 1180. The minimum absolute atomic E-state index is 0.0127. The Morgan fingerprint density at radius 2 is 1.76 bits per heavy atom. The fourth-order valence-corrected chi connectivity index (χ4v) is 4.51. The van der Waals surface area contributed by atoms with Crippen LogP contribution in [0.5, 0.6) is 5.75 Å². The van der Waals surface area contributed by atoms with Crippen LogP contribution in [0.25, 0.3) is 11.1 Å². The highest BCUT2D eigenvalue weighted by atomic mass is 32.2. The number of methoxy groups -OCH3 is 1. The highest BCUT2D eigenvalue weighted by Crippen LogP contribution is 2.35. The maximum atomic E-state index is 13.7. The van der Waals surface area contributed by atoms with E-state index in [4.69, 9.17) is 9.47 Å². The first kappa shape index (κ1) is 23.0. The van der Waals surface area contributed by atoms with Crippen LogP contribution >= 0.6 is 11.8 Å². The van der Waals surface area contributed by atoms with Gasteiger partial charge in [-0.15, -0.1) is 10.2 Å². The van der Waals surface area contributed by atoms with Gasteiger partial charge in [0, 0.05) is 24.5 Å². The van der Waals surface area contributed by atoms with Crippen molar-refractivity contribution < 1.29 is 13.9 Å². The minimum Gasteiger partial charge on any atom is -0.485 e. The number of rotatable bonds is 10. The Balaban J connectivity index is 1.54. The summed E-state index contributed by atoms with van der Waals surface area (Å²) in [6.45, 7) is 3.42. The molecule has 1 atom stereocenters. The summed E-state index contributed by atoms with van der Waals surface area (Å²) in [4.78, 5) is 0. The molecule has 33 heavy (non-hydrogen) atoms. The van der Waals surface area contributed by atoms with Crippen LogP contribution in [-0.2, 0) is 17.9 Å². The monoisotopic (exact) mass is 463 g/mol. The summed E-state index contributed by atoms with van der Waals surface area (Å²) in [6, 6.07) is 24.7. The molecule has 0 aliphatic carbocycles. The molecule has 0 aliphatic heterocycles. The normalized spacial score (nSPS) is 12.0. The predicted octanol–water partition coefficient (Wildman–Crippen LogP) is 6.16. The van der Waals surface area contributed by atoms with E-state index in [2.05, 4.69) is 22.3 Å². The molecule has 0 aliphatic rings. The van der Waals surface area contributed by atoms with E-state index in [-0.39, 0.29) is 17.7 Å². The molecule has 170 valence electrons. The molecule has 0 fully saturated rings. The zero-order valence-electron chi connectivity index (χ0n) is 18.6. The fourth-order valence-electron chi connectivity index (χ4n) is 3.50. The first-order valence-electron chi connectivity index (χ1n) is 10.8. The number of hydrogen-bond acceptors (Lipinski definition) is 5. The van der Waals surface area contributed by atoms with Crippen LogP contribution in [0.1, 0.15) is 23.6 Å². The lowest BCUT2D eigenvalue weighted by Gasteiger charge is -2.15. The number of nitrogens with zero attached hydrogens (tertiary/aromatic N) is 3. The molecule has 0 radical (unpaired) electrons. The van der Waals surface area contributed by atoms with E-state index < -0.39 is 0 Å². The van der Waals surface area contributed by atoms with Crippen LogP contribution in [0.4, 0.5) is 4.39 Å². The Labute approximate surface area is 197 Å². The summed E-state index contributed by atoms with van der Waals surface area (Å²) in [7, 11) is 1.67. The molecule has 1 heterocycles. The van der Waals surface area contributed by atoms with Gasteiger partial charge in [0.1, 0.15) is 18.2 Å². The van der Waals surface area contributed by atoms with Crippen molar-refractivity contribution in [3.05, 3.63) is 96.1 Å². The first-order valence-corrected chi connectivity index (χ1v) is 11.6. The molecule has 1 unspecified atom stereocenters. The standard InChI is InChI=1S/C26H26FN3O2S/c1-19(21-11-8-12-22(27)17-21)33-26-29-28-25(30(26)15-16-31-2)18-32-24-14-7-6-13-23(24)20-9-4-3-5-10-20/h3-14,17,19H,15-16,18H2,1-2H3. The Morgan fingerprint density at radius 1 is 0.970 bits per heavy atom. The second-order valence-electron chi connectivity index (χ2n) is 7.51. The number of benzene rings is 3. The first-order chi connectivity index (χ1) is 16.2. The zero-order valence-corrected chi connectivity index (χ0v) is 19.5. The van der Waals surface area contributed by atoms with E-state index >= 15 is 0 Å². The number of thioether (sulfide) groups is 1. The molecule has 3 aromatic carbocycles. The van der Waals surface area contributed by atoms with E-state index in [1.807, 2.05) is 60.0 Å². The molecule has 0 bridgehead atoms. The number of para-hydroxylation sites is 1. The second kappa shape index (κ2) is 11.1. The highest BCUT2D eigenvalue weighted by molar-refractivity contribution is 7.99. The van der Waals surface area contributed by atoms with Gasteiger partial charge in [-0.2, -0.15) is 0 Å². The third-order valence-corrected chi connectivity index (χ3v) is 6.38. The second-order valence-corrected chi connectivity index (χ2v) is 8.82. The van der Waals surface area contributed by atoms with Gasteiger partial charge in [-0.05, 0) is 36.2 Å². The Kier molecular flexibility index (Phi) is 7.75. The van der Waals surface area contributed by atoms with Crippen LogP contribution in [0, 0.1) is 5.82 Å². The largest absolute Gasteiger partial charge is 0.485 e. The molecule has 4 aromatic rings. The van der Waals surface area contributed by atoms with Gasteiger partial charge in [0.15, 0.2) is 11.0 Å². The predicted molar refractivity (Wildman–Crippen MR) is 129 cm³/mol. The number of aromatic nitrogens is 3. The SMILES string of the molecule is COCCn1c(COc2ccccc2-c2ccccc2)nnc1SC(C)c1cccc(F)c1. The van der Waals surface area contributed by atoms with Crippen molar-refractivity contribution in [3.63, 3.8) is 0 Å². The van der Waals surface area contributed by atoms with Crippen molar-refractivity contribution in [1.82, 2.24) is 14.8 Å². The molecule has 4 rings (SSSR count). The number of hydrogen-bond donors (Lipinski definition) is 0. The number of halogens is 1. The van der Waals surface area contributed by atoms with Gasteiger partial charge in [0.2, 0.25) is 0 Å². The van der Waals surface area contributed by atoms with Crippen molar-refractivity contribution in [2.75, 3.05) is 13.7 Å². The minimum atomic E-state index is -0.244. The van der Waals surface area contributed by atoms with Crippen molar-refractivity contribution in [2.45, 2.75) is 30.5 Å². The summed E-state index contributed by atoms with van der Waals surface area (Å²) in [5.41, 5.74) is 3.01. The fraction of sp³-hybridized carbons (Fsp3) is 0.231. The van der Waals surface area contributed by atoms with Gasteiger partial charge >= 0.3 is 0 Å². The molecule has 0 saturated heterocycles. The van der Waals surface area contributed by atoms with Gasteiger partial charge < -0.3 is 14.0 Å². The summed E-state index contributed by atoms with van der Waals surface area (Å²) in [5, 5.41) is 9.55. The summed E-state index contributed by atoms with van der Waals surface area (Å²) >= 11 is 1.54. The molecular weight excluding hydrogens is 437 g/mol. The van der Waals surface area contributed by atoms with Gasteiger partial charge in [-0.25, -0.2) is 4.39 Å². The topological polar surface area (TPSA) is 49.2 Å². The van der Waals surface area contributed by atoms with Crippen LogP contribution in [0.15, 0.2) is 84.0 Å². The molecule has 7 heteroatoms. The molecule has 0 N–H and O–H groups in total. The average molecular weight is 464 g/mol. The van der Waals surface area contributed by atoms with Gasteiger partial charge in [0.25, 0.3) is 0 Å². The van der Waals surface area contributed by atoms with Gasteiger partial charge in [0.05, 0.1) is 6.61 Å². The maximum Gasteiger partial charge on any atom is 0.191 e. The van der Waals surface area contributed by atoms with Crippen molar-refractivity contribution in [1.29, 1.82) is 0 Å². The van der Waals surface area contributed by atoms with Crippen LogP contribution < -0.4 is 4.74 Å². The van der Waals surface area contributed by atoms with E-state index in [9.17, 15) is 4.39 Å². The van der Waals surface area contributed by atoms with Crippen molar-refractivity contribution in [3.8, 4) is 16.9 Å². The van der Waals surface area contributed by atoms with E-state index in [0.29, 0.717) is 19.0 Å². The van der Waals surface area contributed by atoms with Crippen molar-refractivity contribution >= 4 is 11.8 Å². The highest BCUT2D eigenvalue weighted by Gasteiger charge is 2.18. The van der Waals surface area contributed by atoms with Crippen LogP contribution in [0.2, 0.25) is 0 Å². The van der Waals surface area contributed by atoms with Gasteiger partial charge in [-0.3, -0.25) is 0 Å². The van der Waals surface area contributed by atoms with Crippen LogP contribution in [-0.4, -0.2) is 28.5 Å². The smallest absolute Gasteiger partial charge is 0.191 e. The van der Waals surface area contributed by atoms with Crippen LogP contribution in [0.3, 0.4) is 0 Å². The lowest BCUT2D eigenvalue weighted by molar-refractivity contribution is 0.181. The third-order valence-electron chi connectivity index (χ3n) is 5.24. The summed E-state index contributed by atoms with van der Waals surface area (Å²) < 4.78 is 27.2. The molecular formula is C26H26FN3O2S. The molecule has 1 aromatic heterocycles. The lowest BCUT2D eigenvalue weighted by Crippen LogP contribution is -2.12. The van der Waals surface area contributed by atoms with E-state index in [1.165, 1.54) is 17.8 Å². The molecule has 0 saturated carbocycles. The zero-order chi connectivity index (χ0) is 23.0. The Morgan fingerprint density at radius 3 is 2.55 bits per heavy atom. The number of ether oxygens (including phenoxy) is 2. The molecule has 0 spiro atoms. The third kappa shape index (κ3) is 5.80. The molecule has 5 nitrogen and oxygen atoms in total. The Hall–Kier alpha value is -3.16. The van der Waals surface area contributed by atoms with Gasteiger partial charge in [-0.1, -0.05) is 72.4 Å². The van der Waals surface area contributed by atoms with Crippen molar-refractivity contribution in [2.24, 2.45) is 0 Å². The average Bonchev–Trinajstić information content (AvgIpc) is 3.23. The molecule has 0 amide bonds. The maximum absolute atomic E-state index is 13.7. The summed E-state index contributed by atoms with van der Waals surface area (Å²) in [6.07, 6.45) is 0.